The Balaban J connectivity index is 1.76. The van der Waals surface area contributed by atoms with Crippen molar-refractivity contribution in [3.8, 4) is 5.75 Å². The number of alkyl halides is 1. The SMILES string of the molecule is C=C[C@]1(N(CC(O)c2ccc(OS(=O)(=O)c3ccccc3)cc2)C(=O)CCl)C=CC=CC1. The molecule has 0 aliphatic heterocycles. The van der Waals surface area contributed by atoms with Gasteiger partial charge in [0.1, 0.15) is 16.5 Å². The molecule has 0 saturated carbocycles. The fourth-order valence-corrected chi connectivity index (χ4v) is 4.54. The molecule has 6 nitrogen and oxygen atoms in total. The van der Waals surface area contributed by atoms with E-state index in [1.165, 1.54) is 29.2 Å². The number of hydrogen-bond donors (Lipinski definition) is 1. The molecule has 32 heavy (non-hydrogen) atoms. The van der Waals surface area contributed by atoms with Gasteiger partial charge in [-0.15, -0.1) is 18.2 Å². The molecule has 2 atom stereocenters. The Labute approximate surface area is 193 Å². The van der Waals surface area contributed by atoms with Crippen molar-refractivity contribution in [3.05, 3.63) is 97.1 Å². The monoisotopic (exact) mass is 473 g/mol. The van der Waals surface area contributed by atoms with E-state index in [9.17, 15) is 18.3 Å². The summed E-state index contributed by atoms with van der Waals surface area (Å²) in [6, 6.07) is 13.8. The zero-order valence-corrected chi connectivity index (χ0v) is 18.9. The van der Waals surface area contributed by atoms with Crippen LogP contribution >= 0.6 is 11.6 Å². The van der Waals surface area contributed by atoms with E-state index in [0.717, 1.165) is 0 Å². The molecule has 3 rings (SSSR count). The van der Waals surface area contributed by atoms with Crippen LogP contribution in [0, 0.1) is 0 Å². The highest BCUT2D eigenvalue weighted by Crippen LogP contribution is 2.30. The fraction of sp³-hybridized carbons (Fsp3) is 0.208. The highest BCUT2D eigenvalue weighted by molar-refractivity contribution is 7.87. The summed E-state index contributed by atoms with van der Waals surface area (Å²) < 4.78 is 29.9. The first-order valence-corrected chi connectivity index (χ1v) is 11.9. The maximum atomic E-state index is 12.6. The standard InChI is InChI=1S/C24H24ClNO5S/c1-2-24(15-7-4-8-16-24)26(23(28)17-25)18-22(27)19-11-13-20(14-12-19)31-32(29,30)21-9-5-3-6-10-21/h2-15,22,27H,1,16-18H2/t22?,24-/m0/s1. The van der Waals surface area contributed by atoms with Crippen molar-refractivity contribution in [1.29, 1.82) is 0 Å². The summed E-state index contributed by atoms with van der Waals surface area (Å²) in [5.41, 5.74) is -0.287. The van der Waals surface area contributed by atoms with Crippen molar-refractivity contribution < 1.29 is 22.5 Å². The van der Waals surface area contributed by atoms with Crippen LogP contribution in [-0.4, -0.2) is 42.3 Å². The quantitative estimate of drug-likeness (QED) is 0.338. The summed E-state index contributed by atoms with van der Waals surface area (Å²) in [6.07, 6.45) is 8.62. The molecule has 0 heterocycles. The lowest BCUT2D eigenvalue weighted by Gasteiger charge is -2.41. The van der Waals surface area contributed by atoms with Crippen molar-refractivity contribution >= 4 is 27.6 Å². The van der Waals surface area contributed by atoms with Crippen LogP contribution in [0.4, 0.5) is 0 Å². The predicted molar refractivity (Wildman–Crippen MR) is 124 cm³/mol. The van der Waals surface area contributed by atoms with Crippen LogP contribution in [0.15, 0.2) is 96.5 Å². The van der Waals surface area contributed by atoms with E-state index >= 15 is 0 Å². The molecule has 0 spiro atoms. The molecule has 2 aromatic carbocycles. The zero-order chi connectivity index (χ0) is 23.2. The smallest absolute Gasteiger partial charge is 0.339 e. The van der Waals surface area contributed by atoms with Crippen LogP contribution in [0.5, 0.6) is 5.75 Å². The lowest BCUT2D eigenvalue weighted by Crippen LogP contribution is -2.51. The van der Waals surface area contributed by atoms with Crippen LogP contribution in [0.2, 0.25) is 0 Å². The van der Waals surface area contributed by atoms with Gasteiger partial charge in [0.15, 0.2) is 0 Å². The van der Waals surface area contributed by atoms with Crippen LogP contribution in [-0.2, 0) is 14.9 Å². The van der Waals surface area contributed by atoms with E-state index in [-0.39, 0.29) is 29.0 Å². The van der Waals surface area contributed by atoms with Crippen molar-refractivity contribution in [1.82, 2.24) is 4.90 Å². The normalized spacial score (nSPS) is 18.7. The molecule has 0 aromatic heterocycles. The topological polar surface area (TPSA) is 83.9 Å². The lowest BCUT2D eigenvalue weighted by molar-refractivity contribution is -0.133. The lowest BCUT2D eigenvalue weighted by atomic mass is 9.88. The number of β-amino-alcohol motifs (C(OH)–C–C–N with tert-alkyl or cyclic N) is 1. The van der Waals surface area contributed by atoms with Gasteiger partial charge in [-0.1, -0.05) is 60.7 Å². The first-order valence-electron chi connectivity index (χ1n) is 9.93. The van der Waals surface area contributed by atoms with Gasteiger partial charge in [0.2, 0.25) is 5.91 Å². The molecule has 0 saturated heterocycles. The van der Waals surface area contributed by atoms with E-state index in [1.807, 2.05) is 24.3 Å². The average molecular weight is 474 g/mol. The van der Waals surface area contributed by atoms with Gasteiger partial charge in [0.25, 0.3) is 0 Å². The van der Waals surface area contributed by atoms with Crippen LogP contribution in [0.3, 0.4) is 0 Å². The third kappa shape index (κ3) is 5.30. The summed E-state index contributed by atoms with van der Waals surface area (Å²) in [6.45, 7) is 3.85. The van der Waals surface area contributed by atoms with Gasteiger partial charge >= 0.3 is 10.1 Å². The predicted octanol–water partition coefficient (Wildman–Crippen LogP) is 4.00. The second-order valence-corrected chi connectivity index (χ2v) is 9.07. The summed E-state index contributed by atoms with van der Waals surface area (Å²) >= 11 is 5.82. The van der Waals surface area contributed by atoms with Gasteiger partial charge in [0.05, 0.1) is 18.2 Å². The fourth-order valence-electron chi connectivity index (χ4n) is 3.45. The Kier molecular flexibility index (Phi) is 7.56. The van der Waals surface area contributed by atoms with Gasteiger partial charge in [-0.05, 0) is 36.2 Å². The number of carbonyl (C=O) groups excluding carboxylic acids is 1. The Morgan fingerprint density at radius 1 is 1.19 bits per heavy atom. The second-order valence-electron chi connectivity index (χ2n) is 7.26. The van der Waals surface area contributed by atoms with E-state index in [2.05, 4.69) is 6.58 Å². The molecule has 0 bridgehead atoms. The van der Waals surface area contributed by atoms with Gasteiger partial charge in [0, 0.05) is 0 Å². The summed E-state index contributed by atoms with van der Waals surface area (Å²) in [4.78, 5) is 14.1. The number of amides is 1. The van der Waals surface area contributed by atoms with Gasteiger partial charge < -0.3 is 14.2 Å². The number of nitrogens with zero attached hydrogens (tertiary/aromatic N) is 1. The Bertz CT molecular complexity index is 1110. The number of aliphatic hydroxyl groups is 1. The largest absolute Gasteiger partial charge is 0.387 e. The number of allylic oxidation sites excluding steroid dienone is 2. The molecule has 1 N–H and O–H groups in total. The molecule has 8 heteroatoms. The molecule has 1 amide bonds. The van der Waals surface area contributed by atoms with E-state index in [0.29, 0.717) is 12.0 Å². The third-order valence-corrected chi connectivity index (χ3v) is 6.70. The number of carbonyl (C=O) groups is 1. The minimum Gasteiger partial charge on any atom is -0.387 e. The number of aliphatic hydroxyl groups excluding tert-OH is 1. The number of benzene rings is 2. The van der Waals surface area contributed by atoms with E-state index in [4.69, 9.17) is 15.8 Å². The Hall–Kier alpha value is -2.87. The first kappa shape index (κ1) is 23.8. The summed E-state index contributed by atoms with van der Waals surface area (Å²) in [5, 5.41) is 10.8. The van der Waals surface area contributed by atoms with Gasteiger partial charge in [-0.25, -0.2) is 0 Å². The minimum atomic E-state index is -3.96. The first-order chi connectivity index (χ1) is 15.3. The van der Waals surface area contributed by atoms with E-state index < -0.39 is 21.8 Å². The molecule has 0 radical (unpaired) electrons. The average Bonchev–Trinajstić information content (AvgIpc) is 2.83. The van der Waals surface area contributed by atoms with Crippen molar-refractivity contribution in [2.75, 3.05) is 12.4 Å². The van der Waals surface area contributed by atoms with E-state index in [1.54, 1.807) is 36.4 Å². The van der Waals surface area contributed by atoms with Crippen molar-refractivity contribution in [3.63, 3.8) is 0 Å². The number of rotatable bonds is 9. The van der Waals surface area contributed by atoms with Crippen molar-refractivity contribution in [2.45, 2.75) is 23.0 Å². The maximum Gasteiger partial charge on any atom is 0.339 e. The molecule has 168 valence electrons. The summed E-state index contributed by atoms with van der Waals surface area (Å²) in [5.74, 6) is -0.454. The van der Waals surface area contributed by atoms with Crippen molar-refractivity contribution in [2.24, 2.45) is 0 Å². The Morgan fingerprint density at radius 3 is 2.44 bits per heavy atom. The highest BCUT2D eigenvalue weighted by atomic mass is 35.5. The molecular formula is C24H24ClNO5S. The maximum absolute atomic E-state index is 12.6. The van der Waals surface area contributed by atoms with Crippen LogP contribution in [0.25, 0.3) is 0 Å². The second kappa shape index (κ2) is 10.2. The Morgan fingerprint density at radius 2 is 1.88 bits per heavy atom. The molecular weight excluding hydrogens is 450 g/mol. The molecule has 1 unspecified atom stereocenters. The minimum absolute atomic E-state index is 0.0156. The molecule has 1 aliphatic carbocycles. The summed E-state index contributed by atoms with van der Waals surface area (Å²) in [7, 11) is -3.96. The highest BCUT2D eigenvalue weighted by Gasteiger charge is 2.35. The molecule has 0 fully saturated rings. The van der Waals surface area contributed by atoms with Crippen LogP contribution < -0.4 is 4.18 Å². The number of hydrogen-bond acceptors (Lipinski definition) is 5. The van der Waals surface area contributed by atoms with Crippen LogP contribution in [0.1, 0.15) is 18.1 Å². The molecule has 2 aromatic rings. The number of halogens is 1. The third-order valence-electron chi connectivity index (χ3n) is 5.21. The zero-order valence-electron chi connectivity index (χ0n) is 17.3. The van der Waals surface area contributed by atoms with Gasteiger partial charge in [-0.3, -0.25) is 4.79 Å². The van der Waals surface area contributed by atoms with Gasteiger partial charge in [-0.2, -0.15) is 8.42 Å². The molecule has 1 aliphatic rings.